The van der Waals surface area contributed by atoms with Crippen LogP contribution in [0.3, 0.4) is 0 Å². The first-order chi connectivity index (χ1) is 10.5. The number of thiocarbonyl (C=S) groups is 1. The minimum Gasteiger partial charge on any atom is -0.872 e. The van der Waals surface area contributed by atoms with Crippen LogP contribution in [0.1, 0.15) is 15.9 Å². The molecule has 2 aromatic carbocycles. The Bertz CT molecular complexity index is 731. The van der Waals surface area contributed by atoms with E-state index in [0.717, 1.165) is 0 Å². The zero-order chi connectivity index (χ0) is 15.9. The van der Waals surface area contributed by atoms with Gasteiger partial charge in [0.15, 0.2) is 5.11 Å². The molecule has 7 heteroatoms. The summed E-state index contributed by atoms with van der Waals surface area (Å²) >= 11 is 5.04. The number of carboxylic acid groups (broad SMARTS) is 1. The van der Waals surface area contributed by atoms with Gasteiger partial charge in [-0.15, -0.1) is 5.75 Å². The third-order valence-corrected chi connectivity index (χ3v) is 2.80. The SMILES string of the molecule is O=C(O)c1cccc(NC(=S)NN=Cc2cccc([O-])c2)c1. The van der Waals surface area contributed by atoms with Crippen molar-refractivity contribution in [2.24, 2.45) is 5.10 Å². The summed E-state index contributed by atoms with van der Waals surface area (Å²) < 4.78 is 0. The molecule has 0 aliphatic heterocycles. The fourth-order valence-electron chi connectivity index (χ4n) is 1.65. The van der Waals surface area contributed by atoms with Gasteiger partial charge in [0.1, 0.15) is 0 Å². The Labute approximate surface area is 132 Å². The molecular formula is C15H12N3O3S-. The Hall–Kier alpha value is -2.93. The molecule has 2 rings (SSSR count). The van der Waals surface area contributed by atoms with Crippen molar-refractivity contribution in [3.63, 3.8) is 0 Å². The highest BCUT2D eigenvalue weighted by Gasteiger charge is 2.03. The van der Waals surface area contributed by atoms with Crippen LogP contribution in [0.4, 0.5) is 5.69 Å². The normalized spacial score (nSPS) is 10.4. The van der Waals surface area contributed by atoms with Crippen LogP contribution < -0.4 is 15.8 Å². The lowest BCUT2D eigenvalue weighted by Crippen LogP contribution is -2.24. The van der Waals surface area contributed by atoms with Gasteiger partial charge >= 0.3 is 5.97 Å². The first-order valence-corrected chi connectivity index (χ1v) is 6.66. The van der Waals surface area contributed by atoms with Gasteiger partial charge in [-0.05, 0) is 36.0 Å². The highest BCUT2D eigenvalue weighted by Crippen LogP contribution is 2.10. The molecular weight excluding hydrogens is 302 g/mol. The second-order valence-corrected chi connectivity index (χ2v) is 4.69. The molecule has 0 aliphatic carbocycles. The van der Waals surface area contributed by atoms with Crippen molar-refractivity contribution in [2.75, 3.05) is 5.32 Å². The molecule has 0 spiro atoms. The lowest BCUT2D eigenvalue weighted by Gasteiger charge is -2.08. The van der Waals surface area contributed by atoms with Crippen LogP contribution in [0, 0.1) is 0 Å². The van der Waals surface area contributed by atoms with E-state index in [9.17, 15) is 9.90 Å². The Morgan fingerprint density at radius 1 is 1.23 bits per heavy atom. The molecule has 6 nitrogen and oxygen atoms in total. The number of hydrogen-bond donors (Lipinski definition) is 3. The minimum atomic E-state index is -1.02. The van der Waals surface area contributed by atoms with Gasteiger partial charge in [0, 0.05) is 5.69 Å². The number of anilines is 1. The number of nitrogens with zero attached hydrogens (tertiary/aromatic N) is 1. The summed E-state index contributed by atoms with van der Waals surface area (Å²) in [6.45, 7) is 0. The zero-order valence-electron chi connectivity index (χ0n) is 11.3. The number of carbonyl (C=O) groups is 1. The standard InChI is InChI=1S/C15H13N3O3S/c19-13-6-1-3-10(7-13)9-16-18-15(22)17-12-5-2-4-11(8-12)14(20)21/h1-9,19H,(H,20,21)(H2,17,18,22)/p-1. The summed E-state index contributed by atoms with van der Waals surface area (Å²) in [7, 11) is 0. The number of aromatic carboxylic acids is 1. The average Bonchev–Trinajstić information content (AvgIpc) is 2.47. The largest absolute Gasteiger partial charge is 0.872 e. The Kier molecular flexibility index (Phi) is 5.05. The predicted octanol–water partition coefficient (Wildman–Crippen LogP) is 1.78. The van der Waals surface area contributed by atoms with Crippen molar-refractivity contribution in [3.05, 3.63) is 59.7 Å². The molecule has 0 unspecified atom stereocenters. The summed E-state index contributed by atoms with van der Waals surface area (Å²) in [5.74, 6) is -1.12. The number of rotatable bonds is 4. The van der Waals surface area contributed by atoms with E-state index in [-0.39, 0.29) is 16.4 Å². The van der Waals surface area contributed by atoms with Crippen molar-refractivity contribution in [1.82, 2.24) is 5.43 Å². The number of benzene rings is 2. The number of nitrogens with one attached hydrogen (secondary N) is 2. The lowest BCUT2D eigenvalue weighted by atomic mass is 10.2. The summed E-state index contributed by atoms with van der Waals surface area (Å²) in [6.07, 6.45) is 1.46. The molecule has 2 aromatic rings. The van der Waals surface area contributed by atoms with Gasteiger partial charge in [-0.3, -0.25) is 5.43 Å². The second kappa shape index (κ2) is 7.19. The molecule has 0 amide bonds. The summed E-state index contributed by atoms with van der Waals surface area (Å²) in [5.41, 5.74) is 3.93. The predicted molar refractivity (Wildman–Crippen MR) is 86.2 cm³/mol. The molecule has 3 N–H and O–H groups in total. The van der Waals surface area contributed by atoms with Gasteiger partial charge in [0.05, 0.1) is 11.8 Å². The van der Waals surface area contributed by atoms with E-state index < -0.39 is 5.97 Å². The number of hydrazone groups is 1. The Morgan fingerprint density at radius 2 is 2.00 bits per heavy atom. The fourth-order valence-corrected chi connectivity index (χ4v) is 1.82. The van der Waals surface area contributed by atoms with Crippen molar-refractivity contribution < 1.29 is 15.0 Å². The van der Waals surface area contributed by atoms with Crippen molar-refractivity contribution >= 4 is 35.2 Å². The second-order valence-electron chi connectivity index (χ2n) is 4.28. The third kappa shape index (κ3) is 4.57. The Morgan fingerprint density at radius 3 is 2.73 bits per heavy atom. The van der Waals surface area contributed by atoms with Gasteiger partial charge in [0.25, 0.3) is 0 Å². The molecule has 0 aromatic heterocycles. The van der Waals surface area contributed by atoms with Crippen LogP contribution in [0.25, 0.3) is 0 Å². The molecule has 0 atom stereocenters. The first-order valence-electron chi connectivity index (χ1n) is 6.25. The molecule has 112 valence electrons. The van der Waals surface area contributed by atoms with Crippen LogP contribution in [-0.4, -0.2) is 22.4 Å². The maximum absolute atomic E-state index is 11.1. The van der Waals surface area contributed by atoms with Gasteiger partial charge in [-0.25, -0.2) is 4.79 Å². The molecule has 0 radical (unpaired) electrons. The van der Waals surface area contributed by atoms with Crippen LogP contribution in [0.2, 0.25) is 0 Å². The van der Waals surface area contributed by atoms with Crippen LogP contribution >= 0.6 is 12.2 Å². The molecule has 0 aliphatic rings. The Balaban J connectivity index is 1.93. The van der Waals surface area contributed by atoms with E-state index in [2.05, 4.69) is 15.8 Å². The van der Waals surface area contributed by atoms with Gasteiger partial charge in [-0.2, -0.15) is 5.10 Å². The maximum atomic E-state index is 11.1. The topological polar surface area (TPSA) is 96.8 Å². The summed E-state index contributed by atoms with van der Waals surface area (Å²) in [4.78, 5) is 10.9. The minimum absolute atomic E-state index is 0.102. The van der Waals surface area contributed by atoms with Gasteiger partial charge < -0.3 is 15.5 Å². The molecule has 0 bridgehead atoms. The molecule has 0 saturated carbocycles. The fraction of sp³-hybridized carbons (Fsp3) is 0. The van der Waals surface area contributed by atoms with E-state index in [1.807, 2.05) is 0 Å². The van der Waals surface area contributed by atoms with Crippen molar-refractivity contribution in [1.29, 1.82) is 0 Å². The van der Waals surface area contributed by atoms with Gasteiger partial charge in [0.2, 0.25) is 0 Å². The van der Waals surface area contributed by atoms with Crippen LogP contribution in [0.15, 0.2) is 53.6 Å². The number of hydrogen-bond acceptors (Lipinski definition) is 4. The van der Waals surface area contributed by atoms with E-state index in [1.165, 1.54) is 30.5 Å². The highest BCUT2D eigenvalue weighted by molar-refractivity contribution is 7.80. The highest BCUT2D eigenvalue weighted by atomic mass is 32.1. The van der Waals surface area contributed by atoms with E-state index >= 15 is 0 Å². The monoisotopic (exact) mass is 314 g/mol. The quantitative estimate of drug-likeness (QED) is 0.452. The van der Waals surface area contributed by atoms with Crippen LogP contribution in [-0.2, 0) is 0 Å². The summed E-state index contributed by atoms with van der Waals surface area (Å²) in [6, 6.07) is 12.5. The smallest absolute Gasteiger partial charge is 0.335 e. The van der Waals surface area contributed by atoms with Gasteiger partial charge in [-0.1, -0.05) is 30.3 Å². The number of carboxylic acids is 1. The van der Waals surface area contributed by atoms with Crippen molar-refractivity contribution in [3.8, 4) is 5.75 Å². The molecule has 0 heterocycles. The van der Waals surface area contributed by atoms with Crippen LogP contribution in [0.5, 0.6) is 5.75 Å². The van der Waals surface area contributed by atoms with E-state index in [0.29, 0.717) is 11.3 Å². The van der Waals surface area contributed by atoms with Crippen molar-refractivity contribution in [2.45, 2.75) is 0 Å². The molecule has 0 fully saturated rings. The molecule has 22 heavy (non-hydrogen) atoms. The average molecular weight is 314 g/mol. The van der Waals surface area contributed by atoms with E-state index in [4.69, 9.17) is 17.3 Å². The summed E-state index contributed by atoms with van der Waals surface area (Å²) in [5, 5.41) is 27.0. The lowest BCUT2D eigenvalue weighted by molar-refractivity contribution is -0.268. The first kappa shape index (κ1) is 15.5. The third-order valence-electron chi connectivity index (χ3n) is 2.61. The maximum Gasteiger partial charge on any atom is 0.335 e. The zero-order valence-corrected chi connectivity index (χ0v) is 12.1. The van der Waals surface area contributed by atoms with E-state index in [1.54, 1.807) is 24.3 Å². The molecule has 0 saturated heterocycles.